The second-order valence-corrected chi connectivity index (χ2v) is 4.22. The number of nitrogens with one attached hydrogen (secondary N) is 1. The predicted molar refractivity (Wildman–Crippen MR) is 77.1 cm³/mol. The van der Waals surface area contributed by atoms with Gasteiger partial charge >= 0.3 is 5.97 Å². The Morgan fingerprint density at radius 2 is 1.95 bits per heavy atom. The van der Waals surface area contributed by atoms with E-state index in [1.54, 1.807) is 36.4 Å². The van der Waals surface area contributed by atoms with Gasteiger partial charge in [0.25, 0.3) is 0 Å². The van der Waals surface area contributed by atoms with Crippen molar-refractivity contribution >= 4 is 18.0 Å². The smallest absolute Gasteiger partial charge is 0.333 e. The van der Waals surface area contributed by atoms with Crippen molar-refractivity contribution in [2.45, 2.75) is 6.04 Å². The lowest BCUT2D eigenvalue weighted by molar-refractivity contribution is -0.144. The monoisotopic (exact) mass is 285 g/mol. The molecule has 0 bridgehead atoms. The van der Waals surface area contributed by atoms with Crippen LogP contribution in [0.25, 0.3) is 6.08 Å². The minimum absolute atomic E-state index is 0.411. The molecule has 108 valence electrons. The minimum atomic E-state index is -0.843. The van der Waals surface area contributed by atoms with Gasteiger partial charge in [-0.2, -0.15) is 0 Å². The Morgan fingerprint density at radius 3 is 2.57 bits per heavy atom. The number of hydrogen-bond acceptors (Lipinski definition) is 4. The molecule has 0 unspecified atom stereocenters. The topological polar surface area (TPSA) is 68.5 Å². The zero-order chi connectivity index (χ0) is 15.1. The van der Waals surface area contributed by atoms with Gasteiger partial charge in [-0.25, -0.2) is 4.79 Å². The molecule has 0 aliphatic carbocycles. The first kappa shape index (κ1) is 14.6. The van der Waals surface area contributed by atoms with Crippen molar-refractivity contribution < 1.29 is 18.7 Å². The SMILES string of the molecule is COC(=O)[C@@H](NC(=O)/C=C/c1ccco1)c1ccccc1. The fourth-order valence-electron chi connectivity index (χ4n) is 1.78. The molecule has 0 saturated heterocycles. The molecule has 0 aliphatic rings. The van der Waals surface area contributed by atoms with Crippen molar-refractivity contribution in [2.75, 3.05) is 7.11 Å². The highest BCUT2D eigenvalue weighted by Crippen LogP contribution is 2.14. The number of rotatable bonds is 5. The second kappa shape index (κ2) is 7.09. The van der Waals surface area contributed by atoms with Gasteiger partial charge in [-0.05, 0) is 23.8 Å². The molecule has 0 aliphatic heterocycles. The lowest BCUT2D eigenvalue weighted by Gasteiger charge is -2.15. The normalized spacial score (nSPS) is 12.0. The zero-order valence-electron chi connectivity index (χ0n) is 11.5. The standard InChI is InChI=1S/C16H15NO4/c1-20-16(19)15(12-6-3-2-4-7-12)17-14(18)10-9-13-8-5-11-21-13/h2-11,15H,1H3,(H,17,18)/b10-9+/t15-/m0/s1. The molecule has 1 heterocycles. The summed E-state index contributed by atoms with van der Waals surface area (Å²) in [6.45, 7) is 0. The van der Waals surface area contributed by atoms with Gasteiger partial charge in [-0.1, -0.05) is 30.3 Å². The van der Waals surface area contributed by atoms with Crippen molar-refractivity contribution in [1.29, 1.82) is 0 Å². The molecule has 5 heteroatoms. The zero-order valence-corrected chi connectivity index (χ0v) is 11.5. The van der Waals surface area contributed by atoms with Crippen molar-refractivity contribution in [3.8, 4) is 0 Å². The van der Waals surface area contributed by atoms with E-state index in [1.807, 2.05) is 6.07 Å². The fourth-order valence-corrected chi connectivity index (χ4v) is 1.78. The molecule has 0 fully saturated rings. The van der Waals surface area contributed by atoms with Gasteiger partial charge in [0, 0.05) is 6.08 Å². The van der Waals surface area contributed by atoms with Crippen molar-refractivity contribution in [3.05, 3.63) is 66.1 Å². The number of carbonyl (C=O) groups is 2. The van der Waals surface area contributed by atoms with Gasteiger partial charge in [0.15, 0.2) is 6.04 Å². The van der Waals surface area contributed by atoms with Gasteiger partial charge in [0.2, 0.25) is 5.91 Å². The van der Waals surface area contributed by atoms with Gasteiger partial charge in [0.05, 0.1) is 13.4 Å². The van der Waals surface area contributed by atoms with E-state index in [0.717, 1.165) is 0 Å². The highest BCUT2D eigenvalue weighted by molar-refractivity contribution is 5.94. The third-order valence-corrected chi connectivity index (χ3v) is 2.80. The van der Waals surface area contributed by atoms with Gasteiger partial charge < -0.3 is 14.5 Å². The summed E-state index contributed by atoms with van der Waals surface area (Å²) >= 11 is 0. The Bertz CT molecular complexity index is 617. The Kier molecular flexibility index (Phi) is 4.93. The number of methoxy groups -OCH3 is 1. The van der Waals surface area contributed by atoms with Crippen molar-refractivity contribution in [3.63, 3.8) is 0 Å². The average Bonchev–Trinajstić information content (AvgIpc) is 3.04. The molecule has 5 nitrogen and oxygen atoms in total. The first-order valence-corrected chi connectivity index (χ1v) is 6.35. The molecule has 1 amide bonds. The van der Waals surface area contributed by atoms with Gasteiger partial charge in [-0.3, -0.25) is 4.79 Å². The van der Waals surface area contributed by atoms with E-state index in [-0.39, 0.29) is 0 Å². The number of esters is 1. The summed E-state index contributed by atoms with van der Waals surface area (Å²) < 4.78 is 9.81. The molecule has 1 aromatic heterocycles. The lowest BCUT2D eigenvalue weighted by atomic mass is 10.1. The Morgan fingerprint density at radius 1 is 1.19 bits per heavy atom. The van der Waals surface area contributed by atoms with Crippen LogP contribution in [0.1, 0.15) is 17.4 Å². The largest absolute Gasteiger partial charge is 0.467 e. The van der Waals surface area contributed by atoms with Crippen LogP contribution in [0.4, 0.5) is 0 Å². The van der Waals surface area contributed by atoms with E-state index in [2.05, 4.69) is 5.32 Å². The molecule has 0 radical (unpaired) electrons. The van der Waals surface area contributed by atoms with Crippen LogP contribution in [0.2, 0.25) is 0 Å². The Labute approximate surface area is 122 Å². The van der Waals surface area contributed by atoms with Crippen molar-refractivity contribution in [1.82, 2.24) is 5.32 Å². The lowest BCUT2D eigenvalue weighted by Crippen LogP contribution is -2.33. The van der Waals surface area contributed by atoms with E-state index in [0.29, 0.717) is 11.3 Å². The molecule has 0 saturated carbocycles. The average molecular weight is 285 g/mol. The molecular weight excluding hydrogens is 270 g/mol. The summed E-state index contributed by atoms with van der Waals surface area (Å²) in [7, 11) is 1.28. The third kappa shape index (κ3) is 4.07. The fraction of sp³-hybridized carbons (Fsp3) is 0.125. The number of hydrogen-bond donors (Lipinski definition) is 1. The predicted octanol–water partition coefficient (Wildman–Crippen LogP) is 2.32. The molecule has 21 heavy (non-hydrogen) atoms. The summed E-state index contributed by atoms with van der Waals surface area (Å²) in [5.41, 5.74) is 0.657. The first-order chi connectivity index (χ1) is 10.2. The van der Waals surface area contributed by atoms with Gasteiger partial charge in [0.1, 0.15) is 5.76 Å². The highest BCUT2D eigenvalue weighted by Gasteiger charge is 2.22. The van der Waals surface area contributed by atoms with E-state index < -0.39 is 17.9 Å². The molecule has 1 atom stereocenters. The third-order valence-electron chi connectivity index (χ3n) is 2.80. The van der Waals surface area contributed by atoms with Crippen LogP contribution in [-0.2, 0) is 14.3 Å². The van der Waals surface area contributed by atoms with Crippen LogP contribution >= 0.6 is 0 Å². The summed E-state index contributed by atoms with van der Waals surface area (Å²) in [5, 5.41) is 2.60. The van der Waals surface area contributed by atoms with Crippen LogP contribution in [0, 0.1) is 0 Å². The number of furan rings is 1. The molecule has 0 spiro atoms. The summed E-state index contributed by atoms with van der Waals surface area (Å²) in [6.07, 6.45) is 4.34. The minimum Gasteiger partial charge on any atom is -0.467 e. The number of ether oxygens (including phenoxy) is 1. The summed E-state index contributed by atoms with van der Waals surface area (Å²) in [6, 6.07) is 11.5. The number of amides is 1. The number of benzene rings is 1. The molecule has 2 rings (SSSR count). The maximum Gasteiger partial charge on any atom is 0.333 e. The van der Waals surface area contributed by atoms with Gasteiger partial charge in [-0.15, -0.1) is 0 Å². The van der Waals surface area contributed by atoms with Crippen molar-refractivity contribution in [2.24, 2.45) is 0 Å². The van der Waals surface area contributed by atoms with E-state index in [1.165, 1.54) is 25.5 Å². The maximum atomic E-state index is 11.9. The van der Waals surface area contributed by atoms with Crippen LogP contribution in [0.15, 0.2) is 59.2 Å². The Hall–Kier alpha value is -2.82. The van der Waals surface area contributed by atoms with E-state index in [9.17, 15) is 9.59 Å². The summed E-state index contributed by atoms with van der Waals surface area (Å²) in [5.74, 6) is -0.383. The first-order valence-electron chi connectivity index (χ1n) is 6.35. The molecular formula is C16H15NO4. The summed E-state index contributed by atoms with van der Waals surface area (Å²) in [4.78, 5) is 23.7. The number of carbonyl (C=O) groups excluding carboxylic acids is 2. The van der Waals surface area contributed by atoms with Crippen LogP contribution in [-0.4, -0.2) is 19.0 Å². The maximum absolute atomic E-state index is 11.9. The molecule has 2 aromatic rings. The molecule has 1 N–H and O–H groups in total. The highest BCUT2D eigenvalue weighted by atomic mass is 16.5. The van der Waals surface area contributed by atoms with Crippen LogP contribution in [0.5, 0.6) is 0 Å². The quantitative estimate of drug-likeness (QED) is 0.676. The van der Waals surface area contributed by atoms with Crippen LogP contribution < -0.4 is 5.32 Å². The second-order valence-electron chi connectivity index (χ2n) is 4.22. The Balaban J connectivity index is 2.08. The molecule has 1 aromatic carbocycles. The van der Waals surface area contributed by atoms with E-state index in [4.69, 9.17) is 9.15 Å². The van der Waals surface area contributed by atoms with Crippen LogP contribution in [0.3, 0.4) is 0 Å². The van der Waals surface area contributed by atoms with E-state index >= 15 is 0 Å².